The minimum Gasteiger partial charge on any atom is -0.294 e. The van der Waals surface area contributed by atoms with Crippen LogP contribution in [0, 0.1) is 11.2 Å². The van der Waals surface area contributed by atoms with E-state index in [4.69, 9.17) is 23.2 Å². The van der Waals surface area contributed by atoms with Crippen LogP contribution < -0.4 is 4.90 Å². The first-order chi connectivity index (χ1) is 13.7. The standard InChI is InChI=1S/C23H20Cl2FNO2/c1-23(2)11-18-21(19(28)12-23)15(13-6-8-14(26)9-7-13)10-20(29)27(18)17-5-3-4-16(24)22(17)25/h3-9,15H,10-12H2,1-2H3. The lowest BCUT2D eigenvalue weighted by atomic mass is 9.69. The van der Waals surface area contributed by atoms with Gasteiger partial charge in [0.05, 0.1) is 15.7 Å². The van der Waals surface area contributed by atoms with Crippen LogP contribution in [0.2, 0.25) is 10.0 Å². The summed E-state index contributed by atoms with van der Waals surface area (Å²) in [4.78, 5) is 28.0. The molecule has 0 bridgehead atoms. The SMILES string of the molecule is CC1(C)CC(=O)C2=C(C1)N(c1cccc(Cl)c1Cl)C(=O)CC2c1ccc(F)cc1. The summed E-state index contributed by atoms with van der Waals surface area (Å²) in [7, 11) is 0. The number of amides is 1. The number of hydrogen-bond acceptors (Lipinski definition) is 2. The van der Waals surface area contributed by atoms with Crippen molar-refractivity contribution in [3.8, 4) is 0 Å². The Hall–Kier alpha value is -2.17. The molecule has 1 aliphatic carbocycles. The maximum atomic E-state index is 13.4. The second kappa shape index (κ2) is 7.26. The van der Waals surface area contributed by atoms with Crippen LogP contribution in [-0.2, 0) is 9.59 Å². The second-order valence-corrected chi connectivity index (χ2v) is 9.20. The van der Waals surface area contributed by atoms with Gasteiger partial charge in [-0.3, -0.25) is 14.5 Å². The molecule has 0 aromatic heterocycles. The number of hydrogen-bond donors (Lipinski definition) is 0. The van der Waals surface area contributed by atoms with Crippen molar-refractivity contribution in [3.05, 3.63) is 75.2 Å². The molecule has 0 fully saturated rings. The lowest BCUT2D eigenvalue weighted by Crippen LogP contribution is -2.43. The number of carbonyl (C=O) groups is 2. The fourth-order valence-corrected chi connectivity index (χ4v) is 4.72. The molecule has 1 amide bonds. The number of nitrogens with zero attached hydrogens (tertiary/aromatic N) is 1. The molecule has 0 spiro atoms. The summed E-state index contributed by atoms with van der Waals surface area (Å²) in [5.74, 6) is -0.890. The third kappa shape index (κ3) is 3.60. The van der Waals surface area contributed by atoms with Gasteiger partial charge in [-0.05, 0) is 41.7 Å². The number of rotatable bonds is 2. The molecule has 0 saturated carbocycles. The zero-order valence-corrected chi connectivity index (χ0v) is 17.6. The molecule has 4 rings (SSSR count). The number of benzene rings is 2. The van der Waals surface area contributed by atoms with Crippen molar-refractivity contribution < 1.29 is 14.0 Å². The molecule has 29 heavy (non-hydrogen) atoms. The van der Waals surface area contributed by atoms with Gasteiger partial charge < -0.3 is 0 Å². The van der Waals surface area contributed by atoms with Crippen molar-refractivity contribution >= 4 is 40.6 Å². The first kappa shape index (κ1) is 20.1. The smallest absolute Gasteiger partial charge is 0.232 e. The zero-order chi connectivity index (χ0) is 20.9. The Bertz CT molecular complexity index is 1040. The topological polar surface area (TPSA) is 37.4 Å². The van der Waals surface area contributed by atoms with Crippen molar-refractivity contribution in [1.82, 2.24) is 0 Å². The third-order valence-electron chi connectivity index (χ3n) is 5.59. The van der Waals surface area contributed by atoms with Crippen molar-refractivity contribution in [3.63, 3.8) is 0 Å². The molecule has 1 heterocycles. The van der Waals surface area contributed by atoms with E-state index in [-0.39, 0.29) is 34.4 Å². The highest BCUT2D eigenvalue weighted by Crippen LogP contribution is 2.49. The molecule has 2 aromatic rings. The van der Waals surface area contributed by atoms with Crippen LogP contribution in [0.4, 0.5) is 10.1 Å². The van der Waals surface area contributed by atoms with Crippen molar-refractivity contribution in [2.75, 3.05) is 4.90 Å². The van der Waals surface area contributed by atoms with E-state index in [2.05, 4.69) is 0 Å². The van der Waals surface area contributed by atoms with Crippen molar-refractivity contribution in [1.29, 1.82) is 0 Å². The van der Waals surface area contributed by atoms with Crippen LogP contribution in [0.1, 0.15) is 44.6 Å². The van der Waals surface area contributed by atoms with Gasteiger partial charge in [0, 0.05) is 30.0 Å². The normalized spacial score (nSPS) is 21.4. The van der Waals surface area contributed by atoms with E-state index in [9.17, 15) is 14.0 Å². The Balaban J connectivity index is 1.92. The van der Waals surface area contributed by atoms with E-state index >= 15 is 0 Å². The number of ketones is 1. The molecule has 6 heteroatoms. The van der Waals surface area contributed by atoms with Gasteiger partial charge in [-0.15, -0.1) is 0 Å². The summed E-state index contributed by atoms with van der Waals surface area (Å²) in [6.07, 6.45) is 1.06. The minimum absolute atomic E-state index is 0.0150. The number of carbonyl (C=O) groups excluding carboxylic acids is 2. The summed E-state index contributed by atoms with van der Waals surface area (Å²) in [6.45, 7) is 4.02. The van der Waals surface area contributed by atoms with Gasteiger partial charge in [0.15, 0.2) is 5.78 Å². The molecule has 0 N–H and O–H groups in total. The highest BCUT2D eigenvalue weighted by atomic mass is 35.5. The van der Waals surface area contributed by atoms with E-state index in [1.807, 2.05) is 13.8 Å². The maximum absolute atomic E-state index is 13.4. The van der Waals surface area contributed by atoms with E-state index < -0.39 is 5.92 Å². The van der Waals surface area contributed by atoms with Crippen LogP contribution in [0.25, 0.3) is 0 Å². The molecule has 1 atom stereocenters. The van der Waals surface area contributed by atoms with E-state index in [1.54, 1.807) is 35.2 Å². The number of allylic oxidation sites excluding steroid dienone is 2. The van der Waals surface area contributed by atoms with Crippen LogP contribution >= 0.6 is 23.2 Å². The molecular weight excluding hydrogens is 412 g/mol. The maximum Gasteiger partial charge on any atom is 0.232 e. The monoisotopic (exact) mass is 431 g/mol. The highest BCUT2D eigenvalue weighted by molar-refractivity contribution is 6.44. The quantitative estimate of drug-likeness (QED) is 0.559. The molecule has 3 nitrogen and oxygen atoms in total. The summed E-state index contributed by atoms with van der Waals surface area (Å²) >= 11 is 12.6. The van der Waals surface area contributed by atoms with Crippen LogP contribution in [0.5, 0.6) is 0 Å². The Morgan fingerprint density at radius 2 is 1.72 bits per heavy atom. The third-order valence-corrected chi connectivity index (χ3v) is 6.40. The minimum atomic E-state index is -0.393. The summed E-state index contributed by atoms with van der Waals surface area (Å²) in [5, 5.41) is 0.631. The van der Waals surface area contributed by atoms with Gasteiger partial charge in [0.2, 0.25) is 5.91 Å². The molecule has 2 aromatic carbocycles. The predicted molar refractivity (Wildman–Crippen MR) is 113 cm³/mol. The van der Waals surface area contributed by atoms with Gasteiger partial charge in [0.1, 0.15) is 5.82 Å². The number of halogens is 3. The molecule has 0 radical (unpaired) electrons. The van der Waals surface area contributed by atoms with Crippen LogP contribution in [-0.4, -0.2) is 11.7 Å². The molecule has 150 valence electrons. The predicted octanol–water partition coefficient (Wildman–Crippen LogP) is 6.30. The average Bonchev–Trinajstić information content (AvgIpc) is 2.63. The Morgan fingerprint density at radius 3 is 2.41 bits per heavy atom. The average molecular weight is 432 g/mol. The fraction of sp³-hybridized carbons (Fsp3) is 0.304. The van der Waals surface area contributed by atoms with E-state index in [0.717, 1.165) is 5.56 Å². The first-order valence-corrected chi connectivity index (χ1v) is 10.2. The Morgan fingerprint density at radius 1 is 1.03 bits per heavy atom. The largest absolute Gasteiger partial charge is 0.294 e. The van der Waals surface area contributed by atoms with Gasteiger partial charge in [-0.1, -0.05) is 55.2 Å². The fourth-order valence-electron chi connectivity index (χ4n) is 4.34. The summed E-state index contributed by atoms with van der Waals surface area (Å²) < 4.78 is 13.4. The second-order valence-electron chi connectivity index (χ2n) is 8.41. The van der Waals surface area contributed by atoms with Crippen molar-refractivity contribution in [2.24, 2.45) is 5.41 Å². The molecular formula is C23H20Cl2FNO2. The highest BCUT2D eigenvalue weighted by Gasteiger charge is 2.44. The zero-order valence-electron chi connectivity index (χ0n) is 16.1. The molecule has 1 unspecified atom stereocenters. The Kier molecular flexibility index (Phi) is 5.04. The number of anilines is 1. The van der Waals surface area contributed by atoms with Gasteiger partial charge >= 0.3 is 0 Å². The van der Waals surface area contributed by atoms with E-state index in [1.165, 1.54) is 12.1 Å². The van der Waals surface area contributed by atoms with Gasteiger partial charge in [-0.2, -0.15) is 0 Å². The molecule has 1 aliphatic heterocycles. The lowest BCUT2D eigenvalue weighted by molar-refractivity contribution is -0.121. The lowest BCUT2D eigenvalue weighted by Gasteiger charge is -2.43. The van der Waals surface area contributed by atoms with Gasteiger partial charge in [-0.25, -0.2) is 4.39 Å². The van der Waals surface area contributed by atoms with Crippen LogP contribution in [0.3, 0.4) is 0 Å². The molecule has 0 saturated heterocycles. The van der Waals surface area contributed by atoms with Crippen molar-refractivity contribution in [2.45, 2.75) is 39.0 Å². The van der Waals surface area contributed by atoms with Gasteiger partial charge in [0.25, 0.3) is 0 Å². The summed E-state index contributed by atoms with van der Waals surface area (Å²) in [6, 6.07) is 11.1. The Labute approximate surface area is 179 Å². The first-order valence-electron chi connectivity index (χ1n) is 9.46. The number of Topliss-reactive ketones (excluding diaryl/α,β-unsaturated/α-hetero) is 1. The van der Waals surface area contributed by atoms with E-state index in [0.29, 0.717) is 34.8 Å². The van der Waals surface area contributed by atoms with Crippen LogP contribution in [0.15, 0.2) is 53.7 Å². The molecule has 2 aliphatic rings. The summed E-state index contributed by atoms with van der Waals surface area (Å²) in [5.41, 5.74) is 2.24.